The van der Waals surface area contributed by atoms with E-state index in [1.807, 2.05) is 0 Å². The van der Waals surface area contributed by atoms with Gasteiger partial charge in [0.15, 0.2) is 0 Å². The number of aliphatic hydroxyl groups excluding tert-OH is 1. The van der Waals surface area contributed by atoms with Crippen LogP contribution in [-0.4, -0.2) is 23.1 Å². The van der Waals surface area contributed by atoms with Crippen molar-refractivity contribution >= 4 is 0 Å². The molecule has 1 aromatic carbocycles. The van der Waals surface area contributed by atoms with Crippen molar-refractivity contribution in [3.63, 3.8) is 0 Å². The van der Waals surface area contributed by atoms with E-state index in [9.17, 15) is 44.6 Å². The molecule has 0 fully saturated rings. The Hall–Kier alpha value is -1.45. The van der Waals surface area contributed by atoms with Gasteiger partial charge in [-0.2, -0.15) is 39.5 Å². The minimum absolute atomic E-state index is 0.172. The lowest BCUT2D eigenvalue weighted by atomic mass is 9.90. The lowest BCUT2D eigenvalue weighted by molar-refractivity contribution is -0.399. The predicted octanol–water partition coefficient (Wildman–Crippen LogP) is 5.44. The topological polar surface area (TPSA) is 20.2 Å². The molecule has 0 aliphatic carbocycles. The standard InChI is InChI=1S/C14H13F9O/c1-2-5-10(24)8-6-3-4-7-9(8)11(15,16)12(17,18)13(19,20)14(21,22)23/h3-4,6-7,10,24H,2,5H2,1H3. The smallest absolute Gasteiger partial charge is 0.388 e. The first-order valence-electron chi connectivity index (χ1n) is 6.69. The fraction of sp³-hybridized carbons (Fsp3) is 0.571. The number of hydrogen-bond acceptors (Lipinski definition) is 1. The number of benzene rings is 1. The minimum Gasteiger partial charge on any atom is -0.388 e. The second kappa shape index (κ2) is 6.45. The molecular formula is C14H13F9O. The summed E-state index contributed by atoms with van der Waals surface area (Å²) in [6.07, 6.45) is -8.53. The summed E-state index contributed by atoms with van der Waals surface area (Å²) in [5, 5.41) is 9.71. The fourth-order valence-electron chi connectivity index (χ4n) is 2.05. The Kier molecular flexibility index (Phi) is 5.54. The van der Waals surface area contributed by atoms with Crippen LogP contribution < -0.4 is 0 Å². The van der Waals surface area contributed by atoms with Gasteiger partial charge in [-0.25, -0.2) is 0 Å². The highest BCUT2D eigenvalue weighted by atomic mass is 19.4. The SMILES string of the molecule is CCCC(O)c1ccccc1C(F)(F)C(F)(F)C(F)(F)C(F)(F)F. The minimum atomic E-state index is -6.97. The first-order valence-corrected chi connectivity index (χ1v) is 6.69. The van der Waals surface area contributed by atoms with Gasteiger partial charge >= 0.3 is 23.9 Å². The van der Waals surface area contributed by atoms with Gasteiger partial charge < -0.3 is 5.11 Å². The third-order valence-corrected chi connectivity index (χ3v) is 3.36. The molecule has 138 valence electrons. The highest BCUT2D eigenvalue weighted by Crippen LogP contribution is 2.57. The maximum atomic E-state index is 14.0. The molecule has 0 heterocycles. The van der Waals surface area contributed by atoms with Crippen molar-refractivity contribution in [2.45, 2.75) is 49.8 Å². The van der Waals surface area contributed by atoms with E-state index in [4.69, 9.17) is 0 Å². The molecule has 1 rings (SSSR count). The number of hydrogen-bond donors (Lipinski definition) is 1. The van der Waals surface area contributed by atoms with Crippen molar-refractivity contribution in [2.24, 2.45) is 0 Å². The summed E-state index contributed by atoms with van der Waals surface area (Å²) in [4.78, 5) is 0. The van der Waals surface area contributed by atoms with E-state index in [2.05, 4.69) is 0 Å². The molecule has 0 amide bonds. The monoisotopic (exact) mass is 368 g/mol. The third-order valence-electron chi connectivity index (χ3n) is 3.36. The van der Waals surface area contributed by atoms with Crippen molar-refractivity contribution in [3.05, 3.63) is 35.4 Å². The van der Waals surface area contributed by atoms with Gasteiger partial charge in [-0.05, 0) is 12.0 Å². The third kappa shape index (κ3) is 3.20. The zero-order chi connectivity index (χ0) is 19.0. The summed E-state index contributed by atoms with van der Waals surface area (Å²) < 4.78 is 117. The molecule has 1 N–H and O–H groups in total. The van der Waals surface area contributed by atoms with Gasteiger partial charge in [0, 0.05) is 5.56 Å². The molecule has 0 saturated heterocycles. The molecule has 0 spiro atoms. The van der Waals surface area contributed by atoms with Crippen LogP contribution in [0.25, 0.3) is 0 Å². The molecule has 0 aliphatic heterocycles. The zero-order valence-corrected chi connectivity index (χ0v) is 12.1. The average Bonchev–Trinajstić information content (AvgIpc) is 2.45. The lowest BCUT2D eigenvalue weighted by Crippen LogP contribution is -2.59. The van der Waals surface area contributed by atoms with Crippen molar-refractivity contribution in [3.8, 4) is 0 Å². The van der Waals surface area contributed by atoms with E-state index >= 15 is 0 Å². The van der Waals surface area contributed by atoms with Gasteiger partial charge in [-0.3, -0.25) is 0 Å². The van der Waals surface area contributed by atoms with Gasteiger partial charge in [0.25, 0.3) is 0 Å². The molecule has 0 saturated carbocycles. The molecule has 24 heavy (non-hydrogen) atoms. The quantitative estimate of drug-likeness (QED) is 0.663. The van der Waals surface area contributed by atoms with Crippen LogP contribution in [0.3, 0.4) is 0 Å². The summed E-state index contributed by atoms with van der Waals surface area (Å²) in [7, 11) is 0. The van der Waals surface area contributed by atoms with E-state index in [0.717, 1.165) is 18.2 Å². The Morgan fingerprint density at radius 1 is 0.875 bits per heavy atom. The highest BCUT2D eigenvalue weighted by Gasteiger charge is 2.82. The van der Waals surface area contributed by atoms with E-state index in [-0.39, 0.29) is 18.9 Å². The Bertz CT molecular complexity index is 566. The summed E-state index contributed by atoms with van der Waals surface area (Å²) in [5.41, 5.74) is -2.61. The van der Waals surface area contributed by atoms with Crippen molar-refractivity contribution in [2.75, 3.05) is 0 Å². The Morgan fingerprint density at radius 2 is 1.38 bits per heavy atom. The van der Waals surface area contributed by atoms with Crippen molar-refractivity contribution < 1.29 is 44.6 Å². The molecule has 1 atom stereocenters. The Morgan fingerprint density at radius 3 is 1.83 bits per heavy atom. The second-order valence-corrected chi connectivity index (χ2v) is 5.11. The molecule has 0 bridgehead atoms. The predicted molar refractivity (Wildman–Crippen MR) is 66.2 cm³/mol. The molecule has 10 heteroatoms. The van der Waals surface area contributed by atoms with Crippen LogP contribution in [0, 0.1) is 0 Å². The number of aliphatic hydroxyl groups is 1. The number of halogens is 9. The summed E-state index contributed by atoms with van der Waals surface area (Å²) in [5.74, 6) is -19.6. The summed E-state index contributed by atoms with van der Waals surface area (Å²) in [6, 6.07) is 2.89. The maximum Gasteiger partial charge on any atom is 0.460 e. The normalized spacial score (nSPS) is 15.5. The van der Waals surface area contributed by atoms with E-state index in [1.54, 1.807) is 0 Å². The fourth-order valence-corrected chi connectivity index (χ4v) is 2.05. The first-order chi connectivity index (χ1) is 10.7. The Balaban J connectivity index is 3.50. The number of alkyl halides is 9. The van der Waals surface area contributed by atoms with Crippen LogP contribution in [0.4, 0.5) is 39.5 Å². The van der Waals surface area contributed by atoms with E-state index in [0.29, 0.717) is 0 Å². The number of rotatable bonds is 6. The average molecular weight is 368 g/mol. The van der Waals surface area contributed by atoms with Gasteiger partial charge in [0.05, 0.1) is 6.10 Å². The van der Waals surface area contributed by atoms with Crippen molar-refractivity contribution in [1.29, 1.82) is 0 Å². The van der Waals surface area contributed by atoms with Crippen LogP contribution in [-0.2, 0) is 5.92 Å². The van der Waals surface area contributed by atoms with Gasteiger partial charge in [0.2, 0.25) is 0 Å². The molecule has 1 nitrogen and oxygen atoms in total. The van der Waals surface area contributed by atoms with Crippen LogP contribution >= 0.6 is 0 Å². The second-order valence-electron chi connectivity index (χ2n) is 5.11. The van der Waals surface area contributed by atoms with E-state index < -0.39 is 41.2 Å². The maximum absolute atomic E-state index is 14.0. The highest BCUT2D eigenvalue weighted by molar-refractivity contribution is 5.35. The van der Waals surface area contributed by atoms with Crippen LogP contribution in [0.5, 0.6) is 0 Å². The molecule has 0 aliphatic rings. The molecule has 1 aromatic rings. The summed E-state index contributed by atoms with van der Waals surface area (Å²) in [6.45, 7) is 1.52. The molecule has 0 radical (unpaired) electrons. The van der Waals surface area contributed by atoms with Gasteiger partial charge in [-0.1, -0.05) is 37.6 Å². The first kappa shape index (κ1) is 20.6. The Labute approximate surface area is 131 Å². The van der Waals surface area contributed by atoms with Crippen molar-refractivity contribution in [1.82, 2.24) is 0 Å². The van der Waals surface area contributed by atoms with Crippen LogP contribution in [0.15, 0.2) is 24.3 Å². The summed E-state index contributed by atoms with van der Waals surface area (Å²) >= 11 is 0. The van der Waals surface area contributed by atoms with E-state index in [1.165, 1.54) is 6.92 Å². The largest absolute Gasteiger partial charge is 0.460 e. The van der Waals surface area contributed by atoms with Crippen LogP contribution in [0.1, 0.15) is 37.0 Å². The zero-order valence-electron chi connectivity index (χ0n) is 12.1. The lowest BCUT2D eigenvalue weighted by Gasteiger charge is -2.35. The molecule has 1 unspecified atom stereocenters. The van der Waals surface area contributed by atoms with Gasteiger partial charge in [-0.15, -0.1) is 0 Å². The molecule has 0 aromatic heterocycles. The van der Waals surface area contributed by atoms with Gasteiger partial charge in [0.1, 0.15) is 0 Å². The molecular weight excluding hydrogens is 355 g/mol. The van der Waals surface area contributed by atoms with Crippen LogP contribution in [0.2, 0.25) is 0 Å².